The highest BCUT2D eigenvalue weighted by Crippen LogP contribution is 2.35. The molecule has 0 saturated carbocycles. The minimum absolute atomic E-state index is 0.0938. The molecule has 1 aromatic rings. The lowest BCUT2D eigenvalue weighted by atomic mass is 9.90. The van der Waals surface area contributed by atoms with E-state index in [-0.39, 0.29) is 6.61 Å². The number of nitrogens with zero attached hydrogens (tertiary/aromatic N) is 1. The van der Waals surface area contributed by atoms with Crippen molar-refractivity contribution in [1.82, 2.24) is 0 Å². The van der Waals surface area contributed by atoms with Crippen LogP contribution in [0.25, 0.3) is 0 Å². The van der Waals surface area contributed by atoms with E-state index in [1.54, 1.807) is 0 Å². The molecule has 0 radical (unpaired) electrons. The highest BCUT2D eigenvalue weighted by atomic mass is 16.2. The van der Waals surface area contributed by atoms with Crippen LogP contribution in [0.5, 0.6) is 0 Å². The highest BCUT2D eigenvalue weighted by molar-refractivity contribution is 5.64. The molecule has 0 heterocycles. The lowest BCUT2D eigenvalue weighted by Gasteiger charge is -2.26. The van der Waals surface area contributed by atoms with Gasteiger partial charge in [-0.05, 0) is 35.1 Å². The van der Waals surface area contributed by atoms with Crippen LogP contribution in [0.4, 0.5) is 5.69 Å². The van der Waals surface area contributed by atoms with Gasteiger partial charge in [-0.25, -0.2) is 0 Å². The third-order valence-electron chi connectivity index (χ3n) is 3.17. The van der Waals surface area contributed by atoms with Crippen LogP contribution in [-0.4, -0.2) is 25.8 Å². The van der Waals surface area contributed by atoms with Crippen molar-refractivity contribution in [2.75, 3.05) is 25.6 Å². The second-order valence-corrected chi connectivity index (χ2v) is 5.67. The van der Waals surface area contributed by atoms with Crippen LogP contribution < -0.4 is 4.90 Å². The summed E-state index contributed by atoms with van der Waals surface area (Å²) in [7, 11) is 4.18. The van der Waals surface area contributed by atoms with E-state index in [9.17, 15) is 0 Å². The number of aliphatic hydroxyl groups is 1. The molecule has 0 aliphatic heterocycles. The fourth-order valence-corrected chi connectivity index (χ4v) is 2.29. The van der Waals surface area contributed by atoms with E-state index in [2.05, 4.69) is 70.7 Å². The Morgan fingerprint density at radius 3 is 1.84 bits per heavy atom. The molecule has 0 spiro atoms. The van der Waals surface area contributed by atoms with Crippen molar-refractivity contribution in [1.29, 1.82) is 0 Å². The Hall–Kier alpha value is -1.46. The van der Waals surface area contributed by atoms with Gasteiger partial charge in [-0.1, -0.05) is 39.5 Å². The summed E-state index contributed by atoms with van der Waals surface area (Å²) in [4.78, 5) is 2.19. The molecule has 0 unspecified atom stereocenters. The van der Waals surface area contributed by atoms with Crippen molar-refractivity contribution in [2.45, 2.75) is 39.5 Å². The standard InChI is InChI=1S/C17H25NO/c1-12(2)15-10-14(8-7-9-19)11-16(13(3)4)17(15)18(5)6/h10-13,19H,9H2,1-6H3. The zero-order valence-corrected chi connectivity index (χ0v) is 12.9. The average molecular weight is 259 g/mol. The first-order valence-electron chi connectivity index (χ1n) is 6.83. The lowest BCUT2D eigenvalue weighted by molar-refractivity contribution is 0.350. The number of hydrogen-bond donors (Lipinski definition) is 1. The Morgan fingerprint density at radius 1 is 1.05 bits per heavy atom. The van der Waals surface area contributed by atoms with Gasteiger partial charge in [0.15, 0.2) is 0 Å². The maximum Gasteiger partial charge on any atom is 0.104 e. The summed E-state index contributed by atoms with van der Waals surface area (Å²) in [5, 5.41) is 8.85. The van der Waals surface area contributed by atoms with Crippen molar-refractivity contribution in [3.8, 4) is 11.8 Å². The first kappa shape index (κ1) is 15.6. The largest absolute Gasteiger partial charge is 0.384 e. The summed E-state index contributed by atoms with van der Waals surface area (Å²) in [6.07, 6.45) is 0. The summed E-state index contributed by atoms with van der Waals surface area (Å²) in [6, 6.07) is 4.29. The van der Waals surface area contributed by atoms with Gasteiger partial charge in [0, 0.05) is 25.3 Å². The molecule has 0 fully saturated rings. The molecule has 2 nitrogen and oxygen atoms in total. The van der Waals surface area contributed by atoms with Gasteiger partial charge in [0.2, 0.25) is 0 Å². The fraction of sp³-hybridized carbons (Fsp3) is 0.529. The molecule has 0 bridgehead atoms. The number of rotatable bonds is 3. The third-order valence-corrected chi connectivity index (χ3v) is 3.17. The van der Waals surface area contributed by atoms with Crippen molar-refractivity contribution >= 4 is 5.69 Å². The van der Waals surface area contributed by atoms with Crippen LogP contribution >= 0.6 is 0 Å². The van der Waals surface area contributed by atoms with Crippen molar-refractivity contribution in [2.24, 2.45) is 0 Å². The van der Waals surface area contributed by atoms with E-state index in [0.717, 1.165) is 5.56 Å². The predicted molar refractivity (Wildman–Crippen MR) is 82.9 cm³/mol. The average Bonchev–Trinajstić information content (AvgIpc) is 2.34. The molecule has 0 atom stereocenters. The molecular weight excluding hydrogens is 234 g/mol. The summed E-state index contributed by atoms with van der Waals surface area (Å²) >= 11 is 0. The predicted octanol–water partition coefficient (Wildman–Crippen LogP) is 3.34. The minimum atomic E-state index is -0.0938. The van der Waals surface area contributed by atoms with Crippen molar-refractivity contribution < 1.29 is 5.11 Å². The molecule has 0 aliphatic carbocycles. The minimum Gasteiger partial charge on any atom is -0.384 e. The summed E-state index contributed by atoms with van der Waals surface area (Å²) in [5.41, 5.74) is 4.93. The van der Waals surface area contributed by atoms with Crippen molar-refractivity contribution in [3.05, 3.63) is 28.8 Å². The zero-order chi connectivity index (χ0) is 14.6. The van der Waals surface area contributed by atoms with E-state index in [4.69, 9.17) is 5.11 Å². The van der Waals surface area contributed by atoms with Gasteiger partial charge in [0.05, 0.1) is 0 Å². The molecule has 2 heteroatoms. The Morgan fingerprint density at radius 2 is 1.53 bits per heavy atom. The van der Waals surface area contributed by atoms with E-state index in [1.165, 1.54) is 16.8 Å². The molecule has 0 amide bonds. The molecule has 1 aromatic carbocycles. The molecular formula is C17H25NO. The second-order valence-electron chi connectivity index (χ2n) is 5.67. The van der Waals surface area contributed by atoms with Gasteiger partial charge in [-0.3, -0.25) is 0 Å². The number of anilines is 1. The molecule has 1 N–H and O–H groups in total. The van der Waals surface area contributed by atoms with Crippen LogP contribution in [0, 0.1) is 11.8 Å². The van der Waals surface area contributed by atoms with E-state index in [0.29, 0.717) is 11.8 Å². The van der Waals surface area contributed by atoms with E-state index in [1.807, 2.05) is 0 Å². The first-order valence-corrected chi connectivity index (χ1v) is 6.83. The van der Waals surface area contributed by atoms with E-state index >= 15 is 0 Å². The summed E-state index contributed by atoms with van der Waals surface area (Å²) < 4.78 is 0. The summed E-state index contributed by atoms with van der Waals surface area (Å²) in [6.45, 7) is 8.72. The Kier molecular flexibility index (Phi) is 5.44. The molecule has 1 rings (SSSR count). The zero-order valence-electron chi connectivity index (χ0n) is 12.9. The Bertz CT molecular complexity index is 461. The quantitative estimate of drug-likeness (QED) is 0.842. The molecule has 0 saturated heterocycles. The number of hydrogen-bond acceptors (Lipinski definition) is 2. The van der Waals surface area contributed by atoms with Gasteiger partial charge in [0.25, 0.3) is 0 Å². The first-order chi connectivity index (χ1) is 8.88. The van der Waals surface area contributed by atoms with Crippen LogP contribution in [0.2, 0.25) is 0 Å². The SMILES string of the molecule is CC(C)c1cc(C#CCO)cc(C(C)C)c1N(C)C. The fourth-order valence-electron chi connectivity index (χ4n) is 2.29. The van der Waals surface area contributed by atoms with Crippen LogP contribution in [0.15, 0.2) is 12.1 Å². The smallest absolute Gasteiger partial charge is 0.104 e. The molecule has 19 heavy (non-hydrogen) atoms. The molecule has 0 aliphatic rings. The van der Waals surface area contributed by atoms with Gasteiger partial charge in [-0.15, -0.1) is 0 Å². The highest BCUT2D eigenvalue weighted by Gasteiger charge is 2.16. The maximum atomic E-state index is 8.85. The maximum absolute atomic E-state index is 8.85. The normalized spacial score (nSPS) is 10.6. The lowest BCUT2D eigenvalue weighted by Crippen LogP contribution is -2.15. The number of aliphatic hydroxyl groups excluding tert-OH is 1. The van der Waals surface area contributed by atoms with Gasteiger partial charge < -0.3 is 10.0 Å². The monoisotopic (exact) mass is 259 g/mol. The third kappa shape index (κ3) is 3.75. The van der Waals surface area contributed by atoms with E-state index < -0.39 is 0 Å². The summed E-state index contributed by atoms with van der Waals surface area (Å²) in [5.74, 6) is 6.67. The van der Waals surface area contributed by atoms with Gasteiger partial charge in [0.1, 0.15) is 6.61 Å². The second kappa shape index (κ2) is 6.63. The van der Waals surface area contributed by atoms with Gasteiger partial charge in [-0.2, -0.15) is 0 Å². The topological polar surface area (TPSA) is 23.5 Å². The van der Waals surface area contributed by atoms with Crippen LogP contribution in [0.1, 0.15) is 56.2 Å². The molecule has 0 aromatic heterocycles. The van der Waals surface area contributed by atoms with Crippen LogP contribution in [0.3, 0.4) is 0 Å². The van der Waals surface area contributed by atoms with Crippen LogP contribution in [-0.2, 0) is 0 Å². The van der Waals surface area contributed by atoms with Gasteiger partial charge >= 0.3 is 0 Å². The van der Waals surface area contributed by atoms with Crippen molar-refractivity contribution in [3.63, 3.8) is 0 Å². The number of benzene rings is 1. The Labute approximate surface area is 117 Å². The Balaban J connectivity index is 3.53. The molecule has 104 valence electrons.